The van der Waals surface area contributed by atoms with Gasteiger partial charge in [-0.15, -0.1) is 11.3 Å². The molecular formula is C20H22ClN3O5S2. The topological polar surface area (TPSA) is 87.2 Å². The molecule has 0 atom stereocenters. The van der Waals surface area contributed by atoms with Gasteiger partial charge in [0.1, 0.15) is 15.7 Å². The smallest absolute Gasteiger partial charge is 0.252 e. The van der Waals surface area contributed by atoms with E-state index in [1.54, 1.807) is 23.5 Å². The molecule has 0 aliphatic carbocycles. The zero-order valence-corrected chi connectivity index (χ0v) is 19.0. The molecule has 0 unspecified atom stereocenters. The minimum atomic E-state index is -3.59. The van der Waals surface area contributed by atoms with Gasteiger partial charge < -0.3 is 13.7 Å². The van der Waals surface area contributed by atoms with E-state index in [9.17, 15) is 13.2 Å². The van der Waals surface area contributed by atoms with Crippen molar-refractivity contribution in [1.82, 2.24) is 14.1 Å². The van der Waals surface area contributed by atoms with Gasteiger partial charge in [-0.1, -0.05) is 11.6 Å². The quantitative estimate of drug-likeness (QED) is 0.489. The van der Waals surface area contributed by atoms with Crippen LogP contribution in [-0.2, 0) is 27.9 Å². The van der Waals surface area contributed by atoms with Crippen LogP contribution in [0.1, 0.15) is 11.5 Å². The fourth-order valence-corrected chi connectivity index (χ4v) is 6.51. The molecule has 4 rings (SSSR count). The zero-order chi connectivity index (χ0) is 21.8. The summed E-state index contributed by atoms with van der Waals surface area (Å²) in [7, 11) is -3.59. The van der Waals surface area contributed by atoms with E-state index in [1.807, 2.05) is 29.2 Å². The summed E-state index contributed by atoms with van der Waals surface area (Å²) in [6.45, 7) is 2.29. The van der Waals surface area contributed by atoms with E-state index in [0.717, 1.165) is 22.9 Å². The van der Waals surface area contributed by atoms with Crippen LogP contribution in [0.2, 0.25) is 4.34 Å². The lowest BCUT2D eigenvalue weighted by molar-refractivity contribution is -0.134. The average molecular weight is 484 g/mol. The van der Waals surface area contributed by atoms with Crippen LogP contribution in [0.5, 0.6) is 0 Å². The monoisotopic (exact) mass is 483 g/mol. The maximum Gasteiger partial charge on any atom is 0.252 e. The summed E-state index contributed by atoms with van der Waals surface area (Å²) in [4.78, 5) is 16.6. The molecule has 3 aromatic rings. The second-order valence-electron chi connectivity index (χ2n) is 7.15. The number of sulfonamides is 1. The zero-order valence-electron chi connectivity index (χ0n) is 16.6. The Morgan fingerprint density at radius 1 is 1.00 bits per heavy atom. The first kappa shape index (κ1) is 22.1. The summed E-state index contributed by atoms with van der Waals surface area (Å²) < 4.78 is 38.4. The average Bonchev–Trinajstić information content (AvgIpc) is 3.52. The number of amides is 1. The van der Waals surface area contributed by atoms with Crippen LogP contribution in [0.4, 0.5) is 0 Å². The number of halogens is 1. The highest BCUT2D eigenvalue weighted by molar-refractivity contribution is 7.91. The highest BCUT2D eigenvalue weighted by Crippen LogP contribution is 2.28. The van der Waals surface area contributed by atoms with Crippen LogP contribution in [0.25, 0.3) is 0 Å². The van der Waals surface area contributed by atoms with Crippen LogP contribution in [0.3, 0.4) is 0 Å². The molecule has 0 radical (unpaired) electrons. The molecule has 0 saturated carbocycles. The molecule has 1 aliphatic heterocycles. The molecule has 1 fully saturated rings. The second-order valence-corrected chi connectivity index (χ2v) is 11.0. The molecule has 8 nitrogen and oxygen atoms in total. The number of thiophene rings is 1. The minimum Gasteiger partial charge on any atom is -0.468 e. The first-order valence-electron chi connectivity index (χ1n) is 9.72. The van der Waals surface area contributed by atoms with Crippen molar-refractivity contribution in [2.45, 2.75) is 17.3 Å². The van der Waals surface area contributed by atoms with Gasteiger partial charge in [-0.05, 0) is 36.4 Å². The van der Waals surface area contributed by atoms with Crippen molar-refractivity contribution in [2.24, 2.45) is 0 Å². The summed E-state index contributed by atoms with van der Waals surface area (Å²) in [5.74, 6) is 1.45. The molecule has 4 heterocycles. The largest absolute Gasteiger partial charge is 0.468 e. The Kier molecular flexibility index (Phi) is 6.83. The van der Waals surface area contributed by atoms with Crippen molar-refractivity contribution < 1.29 is 22.0 Å². The molecule has 3 aromatic heterocycles. The third-order valence-electron chi connectivity index (χ3n) is 5.01. The standard InChI is InChI=1S/C20H22ClN3O5S2/c21-18-5-6-20(30-18)31(26,27)24-9-7-23(8-10-24)19(25)15-22(13-16-3-1-11-28-16)14-17-4-2-12-29-17/h1-6,11-12H,7-10,13-15H2. The Hall–Kier alpha value is -2.11. The lowest BCUT2D eigenvalue weighted by Crippen LogP contribution is -2.52. The van der Waals surface area contributed by atoms with Gasteiger partial charge >= 0.3 is 0 Å². The molecule has 0 aromatic carbocycles. The van der Waals surface area contributed by atoms with Crippen LogP contribution in [-0.4, -0.2) is 61.2 Å². The predicted octanol–water partition coefficient (Wildman–Crippen LogP) is 3.12. The summed E-state index contributed by atoms with van der Waals surface area (Å²) in [5, 5.41) is 0. The predicted molar refractivity (Wildman–Crippen MR) is 116 cm³/mol. The van der Waals surface area contributed by atoms with Crippen molar-refractivity contribution in [3.63, 3.8) is 0 Å². The van der Waals surface area contributed by atoms with Gasteiger partial charge in [-0.2, -0.15) is 4.31 Å². The van der Waals surface area contributed by atoms with Gasteiger partial charge in [-0.25, -0.2) is 8.42 Å². The Bertz CT molecular complexity index is 1050. The molecule has 31 heavy (non-hydrogen) atoms. The molecule has 1 saturated heterocycles. The molecule has 11 heteroatoms. The van der Waals surface area contributed by atoms with Crippen LogP contribution < -0.4 is 0 Å². The molecule has 1 amide bonds. The van der Waals surface area contributed by atoms with E-state index in [2.05, 4.69) is 0 Å². The molecule has 0 spiro atoms. The fraction of sp³-hybridized carbons (Fsp3) is 0.350. The van der Waals surface area contributed by atoms with E-state index < -0.39 is 10.0 Å². The highest BCUT2D eigenvalue weighted by atomic mass is 35.5. The van der Waals surface area contributed by atoms with Gasteiger partial charge in [0.2, 0.25) is 5.91 Å². The third-order valence-corrected chi connectivity index (χ3v) is 8.61. The van der Waals surface area contributed by atoms with Crippen LogP contribution >= 0.6 is 22.9 Å². The van der Waals surface area contributed by atoms with E-state index in [1.165, 1.54) is 10.4 Å². The Morgan fingerprint density at radius 2 is 1.61 bits per heavy atom. The van der Waals surface area contributed by atoms with E-state index in [4.69, 9.17) is 20.4 Å². The van der Waals surface area contributed by atoms with E-state index in [-0.39, 0.29) is 29.8 Å². The number of rotatable bonds is 8. The maximum absolute atomic E-state index is 12.9. The number of piperazine rings is 1. The van der Waals surface area contributed by atoms with Crippen molar-refractivity contribution >= 4 is 38.9 Å². The third kappa shape index (κ3) is 5.39. The number of carbonyl (C=O) groups is 1. The normalized spacial score (nSPS) is 15.6. The van der Waals surface area contributed by atoms with Gasteiger partial charge in [0.25, 0.3) is 10.0 Å². The van der Waals surface area contributed by atoms with Crippen LogP contribution in [0, 0.1) is 0 Å². The fourth-order valence-electron chi connectivity index (χ4n) is 3.45. The second kappa shape index (κ2) is 9.58. The van der Waals surface area contributed by atoms with Gasteiger partial charge in [0, 0.05) is 26.2 Å². The first-order valence-corrected chi connectivity index (χ1v) is 12.4. The summed E-state index contributed by atoms with van der Waals surface area (Å²) in [6.07, 6.45) is 3.20. The summed E-state index contributed by atoms with van der Waals surface area (Å²) in [5.41, 5.74) is 0. The van der Waals surface area contributed by atoms with E-state index >= 15 is 0 Å². The number of hydrogen-bond donors (Lipinski definition) is 0. The van der Waals surface area contributed by atoms with Crippen molar-refractivity contribution in [3.8, 4) is 0 Å². The number of nitrogens with zero attached hydrogens (tertiary/aromatic N) is 3. The molecule has 166 valence electrons. The Balaban J connectivity index is 1.36. The molecule has 0 N–H and O–H groups in total. The summed E-state index contributed by atoms with van der Waals surface area (Å²) >= 11 is 6.92. The Morgan fingerprint density at radius 3 is 2.10 bits per heavy atom. The van der Waals surface area contributed by atoms with E-state index in [0.29, 0.717) is 30.5 Å². The molecule has 0 bridgehead atoms. The molecular weight excluding hydrogens is 462 g/mol. The number of furan rings is 2. The SMILES string of the molecule is O=C(CN(Cc1ccco1)Cc1ccco1)N1CCN(S(=O)(=O)c2ccc(Cl)s2)CC1. The van der Waals surface area contributed by atoms with Crippen molar-refractivity contribution in [2.75, 3.05) is 32.7 Å². The molecule has 1 aliphatic rings. The Labute approximate surface area is 189 Å². The number of hydrogen-bond acceptors (Lipinski definition) is 7. The van der Waals surface area contributed by atoms with Crippen molar-refractivity contribution in [1.29, 1.82) is 0 Å². The minimum absolute atomic E-state index is 0.0608. The summed E-state index contributed by atoms with van der Waals surface area (Å²) in [6, 6.07) is 10.4. The van der Waals surface area contributed by atoms with Crippen LogP contribution in [0.15, 0.2) is 62.0 Å². The number of carbonyl (C=O) groups excluding carboxylic acids is 1. The van der Waals surface area contributed by atoms with Gasteiger partial charge in [-0.3, -0.25) is 9.69 Å². The lowest BCUT2D eigenvalue weighted by atomic mass is 10.3. The lowest BCUT2D eigenvalue weighted by Gasteiger charge is -2.34. The van der Waals surface area contributed by atoms with Gasteiger partial charge in [0.05, 0.1) is 36.5 Å². The first-order chi connectivity index (χ1) is 14.9. The maximum atomic E-state index is 12.9. The highest BCUT2D eigenvalue weighted by Gasteiger charge is 2.31. The van der Waals surface area contributed by atoms with Crippen molar-refractivity contribution in [3.05, 3.63) is 64.8 Å². The van der Waals surface area contributed by atoms with Gasteiger partial charge in [0.15, 0.2) is 0 Å².